The third-order valence-electron chi connectivity index (χ3n) is 8.86. The molecule has 0 unspecified atom stereocenters. The van der Waals surface area contributed by atoms with Crippen LogP contribution in [0.3, 0.4) is 0 Å². The molecule has 0 bridgehead atoms. The Hall–Kier alpha value is -4.15. The van der Waals surface area contributed by atoms with Crippen molar-refractivity contribution < 1.29 is 35.1 Å². The van der Waals surface area contributed by atoms with E-state index in [1.165, 1.54) is 97.1 Å². The summed E-state index contributed by atoms with van der Waals surface area (Å²) in [5.74, 6) is -15.7. The van der Waals surface area contributed by atoms with E-state index >= 15 is 35.1 Å². The standard InChI is InChI=1S/C36H20F8Ge2/c37-25-27(39)31(43)35-33(29(25)41)45(21-13-5-1-6-14-21,22-15-7-2-8-16-22)34-30(42)26(38)28(40)32(44)36(34)46(35,23-17-9-3-10-18-23)24-19-11-4-12-20-24/h1-20H. The van der Waals surface area contributed by atoms with Crippen molar-refractivity contribution >= 4 is 61.7 Å². The number of halogens is 8. The van der Waals surface area contributed by atoms with Crippen molar-refractivity contribution in [2.75, 3.05) is 0 Å². The Kier molecular flexibility index (Phi) is 7.47. The summed E-state index contributed by atoms with van der Waals surface area (Å²) in [6, 6.07) is 30.2. The number of hydrogen-bond acceptors (Lipinski definition) is 0. The fourth-order valence-corrected chi connectivity index (χ4v) is 36.2. The molecule has 6 aromatic carbocycles. The first-order valence-corrected chi connectivity index (χ1v) is 22.5. The summed E-state index contributed by atoms with van der Waals surface area (Å²) in [4.78, 5) is 0. The van der Waals surface area contributed by atoms with Crippen LogP contribution >= 0.6 is 0 Å². The van der Waals surface area contributed by atoms with E-state index in [0.29, 0.717) is 0 Å². The van der Waals surface area contributed by atoms with Crippen molar-refractivity contribution in [2.24, 2.45) is 0 Å². The maximum absolute atomic E-state index is 17.0. The molecule has 0 radical (unpaired) electrons. The van der Waals surface area contributed by atoms with E-state index in [4.69, 9.17) is 0 Å². The molecular weight excluding hydrogens is 730 g/mol. The van der Waals surface area contributed by atoms with Gasteiger partial charge in [-0.2, -0.15) is 0 Å². The zero-order valence-electron chi connectivity index (χ0n) is 23.6. The Morgan fingerprint density at radius 3 is 0.587 bits per heavy atom. The third-order valence-corrected chi connectivity index (χ3v) is 31.4. The average molecular weight is 750 g/mol. The van der Waals surface area contributed by atoms with Gasteiger partial charge in [-0.25, -0.2) is 0 Å². The minimum atomic E-state index is -5.72. The van der Waals surface area contributed by atoms with E-state index in [-0.39, 0.29) is 17.6 Å². The van der Waals surface area contributed by atoms with Crippen LogP contribution in [-0.2, 0) is 0 Å². The van der Waals surface area contributed by atoms with Crippen LogP contribution in [0.5, 0.6) is 0 Å². The quantitative estimate of drug-likeness (QED) is 0.111. The van der Waals surface area contributed by atoms with Crippen molar-refractivity contribution in [1.82, 2.24) is 0 Å². The first-order valence-electron chi connectivity index (χ1n) is 14.2. The van der Waals surface area contributed by atoms with Gasteiger partial charge in [0.1, 0.15) is 0 Å². The summed E-state index contributed by atoms with van der Waals surface area (Å²) < 4.78 is 129. The second-order valence-corrected chi connectivity index (χ2v) is 26.3. The molecule has 0 fully saturated rings. The van der Waals surface area contributed by atoms with Crippen molar-refractivity contribution in [1.29, 1.82) is 0 Å². The summed E-state index contributed by atoms with van der Waals surface area (Å²) >= 11 is -11.4. The van der Waals surface area contributed by atoms with Gasteiger partial charge in [-0.1, -0.05) is 0 Å². The van der Waals surface area contributed by atoms with Crippen LogP contribution in [0.4, 0.5) is 35.1 Å². The van der Waals surface area contributed by atoms with Crippen LogP contribution in [0.25, 0.3) is 0 Å². The normalized spacial score (nSPS) is 14.4. The topological polar surface area (TPSA) is 0 Å². The van der Waals surface area contributed by atoms with Gasteiger partial charge in [-0.15, -0.1) is 0 Å². The molecule has 1 aliphatic heterocycles. The van der Waals surface area contributed by atoms with Gasteiger partial charge in [-0.3, -0.25) is 0 Å². The molecule has 0 aliphatic carbocycles. The van der Waals surface area contributed by atoms with Crippen LogP contribution in [0, 0.1) is 46.5 Å². The molecule has 1 heterocycles. The number of rotatable bonds is 4. The van der Waals surface area contributed by atoms with Crippen LogP contribution in [-0.4, -0.2) is 26.5 Å². The zero-order valence-corrected chi connectivity index (χ0v) is 27.8. The van der Waals surface area contributed by atoms with E-state index in [1.807, 2.05) is 0 Å². The fourth-order valence-electron chi connectivity index (χ4n) is 7.16. The summed E-state index contributed by atoms with van der Waals surface area (Å²) in [5.41, 5.74) is 0. The molecule has 0 N–H and O–H groups in total. The van der Waals surface area contributed by atoms with Crippen molar-refractivity contribution in [3.05, 3.63) is 168 Å². The molecule has 0 aromatic heterocycles. The Balaban J connectivity index is 1.92. The molecule has 228 valence electrons. The molecule has 0 atom stereocenters. The Morgan fingerprint density at radius 2 is 0.413 bits per heavy atom. The molecule has 1 aliphatic rings. The summed E-state index contributed by atoms with van der Waals surface area (Å²) in [5, 5.41) is 0. The first-order chi connectivity index (χ1) is 22.2. The van der Waals surface area contributed by atoms with E-state index < -0.39 is 90.7 Å². The molecule has 0 nitrogen and oxygen atoms in total. The molecular formula is C36H20F8Ge2. The van der Waals surface area contributed by atoms with E-state index in [2.05, 4.69) is 0 Å². The van der Waals surface area contributed by atoms with E-state index in [1.54, 1.807) is 24.3 Å². The van der Waals surface area contributed by atoms with Crippen LogP contribution in [0.15, 0.2) is 121 Å². The van der Waals surface area contributed by atoms with Crippen LogP contribution in [0.2, 0.25) is 0 Å². The van der Waals surface area contributed by atoms with Crippen molar-refractivity contribution in [3.8, 4) is 0 Å². The summed E-state index contributed by atoms with van der Waals surface area (Å²) in [6.45, 7) is 0. The van der Waals surface area contributed by atoms with E-state index in [9.17, 15) is 0 Å². The minimum absolute atomic E-state index is 0.141. The molecule has 0 saturated carbocycles. The Morgan fingerprint density at radius 1 is 0.239 bits per heavy atom. The second-order valence-electron chi connectivity index (χ2n) is 11.0. The van der Waals surface area contributed by atoms with Gasteiger partial charge in [0.2, 0.25) is 0 Å². The van der Waals surface area contributed by atoms with Gasteiger partial charge in [-0.05, 0) is 0 Å². The number of hydrogen-bond donors (Lipinski definition) is 0. The second kappa shape index (κ2) is 11.3. The van der Waals surface area contributed by atoms with Crippen molar-refractivity contribution in [2.45, 2.75) is 0 Å². The molecule has 46 heavy (non-hydrogen) atoms. The maximum atomic E-state index is 17.0. The zero-order chi connectivity index (χ0) is 32.4. The molecule has 6 aromatic rings. The van der Waals surface area contributed by atoms with Gasteiger partial charge in [0.05, 0.1) is 0 Å². The van der Waals surface area contributed by atoms with Crippen LogP contribution in [0.1, 0.15) is 0 Å². The number of fused-ring (bicyclic) bond motifs is 2. The molecule has 0 amide bonds. The van der Waals surface area contributed by atoms with Crippen LogP contribution < -0.4 is 35.2 Å². The van der Waals surface area contributed by atoms with Gasteiger partial charge < -0.3 is 0 Å². The van der Waals surface area contributed by atoms with Gasteiger partial charge in [0.25, 0.3) is 0 Å². The van der Waals surface area contributed by atoms with Gasteiger partial charge in [0.15, 0.2) is 0 Å². The van der Waals surface area contributed by atoms with Crippen molar-refractivity contribution in [3.63, 3.8) is 0 Å². The van der Waals surface area contributed by atoms with E-state index in [0.717, 1.165) is 0 Å². The summed E-state index contributed by atoms with van der Waals surface area (Å²) in [7, 11) is 0. The SMILES string of the molecule is Fc1c(F)c(F)[c]2[c](c1F)[Ge]([c]1ccccc1)([c]1ccccc1)[c]1c(F)c(F)c(F)c(F)[c]1[Ge]2([c]1ccccc1)[c]1ccccc1. The third kappa shape index (κ3) is 3.92. The van der Waals surface area contributed by atoms with Gasteiger partial charge in [0, 0.05) is 0 Å². The Bertz CT molecular complexity index is 1820. The predicted molar refractivity (Wildman–Crippen MR) is 167 cm³/mol. The summed E-state index contributed by atoms with van der Waals surface area (Å²) in [6.07, 6.45) is 0. The molecule has 10 heteroatoms. The monoisotopic (exact) mass is 752 g/mol. The molecule has 0 saturated heterocycles. The first kappa shape index (κ1) is 30.5. The average Bonchev–Trinajstić information content (AvgIpc) is 3.11. The molecule has 7 rings (SSSR count). The predicted octanol–water partition coefficient (Wildman–Crippen LogP) is 3.87. The fraction of sp³-hybridized carbons (Fsp3) is 0. The van der Waals surface area contributed by atoms with Gasteiger partial charge >= 0.3 is 265 Å². The Labute approximate surface area is 263 Å². The number of benzene rings is 6. The molecule has 0 spiro atoms.